The first-order valence-electron chi connectivity index (χ1n) is 5.51. The van der Waals surface area contributed by atoms with Crippen LogP contribution in [0, 0.1) is 22.7 Å². The lowest BCUT2D eigenvalue weighted by molar-refractivity contribution is 0.176. The Morgan fingerprint density at radius 1 is 1.36 bits per heavy atom. The number of nitriles is 1. The van der Waals surface area contributed by atoms with Crippen LogP contribution in [0.1, 0.15) is 25.7 Å². The number of hydrogen-bond donors (Lipinski definition) is 1. The molecule has 1 saturated carbocycles. The van der Waals surface area contributed by atoms with Gasteiger partial charge < -0.3 is 4.90 Å². The molecule has 0 radical (unpaired) electrons. The van der Waals surface area contributed by atoms with Crippen molar-refractivity contribution in [3.63, 3.8) is 0 Å². The van der Waals surface area contributed by atoms with E-state index in [2.05, 4.69) is 23.6 Å². The van der Waals surface area contributed by atoms with E-state index in [4.69, 9.17) is 5.26 Å². The van der Waals surface area contributed by atoms with Gasteiger partial charge in [-0.3, -0.25) is 0 Å². The second-order valence-electron chi connectivity index (χ2n) is 4.84. The summed E-state index contributed by atoms with van der Waals surface area (Å²) in [5.74, 6) is 1.35. The molecular weight excluding hydrogens is 192 g/mol. The Kier molecular flexibility index (Phi) is 3.04. The molecule has 0 atom stereocenters. The summed E-state index contributed by atoms with van der Waals surface area (Å²) >= 11 is 4.42. The highest BCUT2D eigenvalue weighted by Gasteiger charge is 2.42. The number of piperidine rings is 1. The minimum Gasteiger partial charge on any atom is -0.303 e. The molecule has 1 saturated heterocycles. The normalized spacial score (nSPS) is 27.1. The van der Waals surface area contributed by atoms with Crippen LogP contribution in [0.3, 0.4) is 0 Å². The Morgan fingerprint density at radius 3 is 2.43 bits per heavy atom. The van der Waals surface area contributed by atoms with E-state index in [1.165, 1.54) is 19.4 Å². The molecule has 0 aromatic rings. The van der Waals surface area contributed by atoms with Crippen LogP contribution in [0.25, 0.3) is 0 Å². The van der Waals surface area contributed by atoms with E-state index in [0.29, 0.717) is 11.3 Å². The van der Waals surface area contributed by atoms with Crippen molar-refractivity contribution in [3.05, 3.63) is 0 Å². The largest absolute Gasteiger partial charge is 0.303 e. The van der Waals surface area contributed by atoms with Crippen molar-refractivity contribution in [2.24, 2.45) is 11.3 Å². The van der Waals surface area contributed by atoms with Crippen molar-refractivity contribution >= 4 is 12.6 Å². The first-order valence-corrected chi connectivity index (χ1v) is 6.14. The molecule has 0 unspecified atom stereocenters. The molecule has 78 valence electrons. The Balaban J connectivity index is 1.76. The minimum absolute atomic E-state index is 0.317. The average Bonchev–Trinajstić information content (AvgIpc) is 3.00. The molecule has 0 spiro atoms. The Labute approximate surface area is 91.7 Å². The van der Waals surface area contributed by atoms with Gasteiger partial charge in [-0.2, -0.15) is 17.9 Å². The lowest BCUT2D eigenvalue weighted by Gasteiger charge is -2.31. The van der Waals surface area contributed by atoms with Crippen LogP contribution in [0.5, 0.6) is 0 Å². The Hall–Kier alpha value is -0.200. The van der Waals surface area contributed by atoms with Crippen LogP contribution in [0.15, 0.2) is 0 Å². The maximum Gasteiger partial charge on any atom is 0.0656 e. The topological polar surface area (TPSA) is 27.0 Å². The van der Waals surface area contributed by atoms with Gasteiger partial charge in [0.25, 0.3) is 0 Å². The molecule has 2 aliphatic rings. The standard InChI is InChI=1S/C11H18N2S/c12-7-10-1-5-13(6-2-10)8-11(9-14)3-4-11/h10,14H,1-6,8-9H2. The van der Waals surface area contributed by atoms with Crippen LogP contribution >= 0.6 is 12.6 Å². The van der Waals surface area contributed by atoms with Crippen molar-refractivity contribution < 1.29 is 0 Å². The highest BCUT2D eigenvalue weighted by Crippen LogP contribution is 2.47. The van der Waals surface area contributed by atoms with Crippen molar-refractivity contribution in [1.82, 2.24) is 4.90 Å². The maximum atomic E-state index is 8.79. The minimum atomic E-state index is 0.317. The average molecular weight is 210 g/mol. The van der Waals surface area contributed by atoms with Crippen molar-refractivity contribution in [2.45, 2.75) is 25.7 Å². The summed E-state index contributed by atoms with van der Waals surface area (Å²) in [5, 5.41) is 8.79. The predicted molar refractivity (Wildman–Crippen MR) is 60.3 cm³/mol. The summed E-state index contributed by atoms with van der Waals surface area (Å²) in [7, 11) is 0. The number of nitrogens with zero attached hydrogens (tertiary/aromatic N) is 2. The lowest BCUT2D eigenvalue weighted by Crippen LogP contribution is -2.38. The highest BCUT2D eigenvalue weighted by atomic mass is 32.1. The molecule has 0 aromatic heterocycles. The predicted octanol–water partition coefficient (Wildman–Crippen LogP) is 1.93. The van der Waals surface area contributed by atoms with Gasteiger partial charge >= 0.3 is 0 Å². The molecule has 0 bridgehead atoms. The van der Waals surface area contributed by atoms with E-state index in [9.17, 15) is 0 Å². The van der Waals surface area contributed by atoms with Crippen LogP contribution in [-0.2, 0) is 0 Å². The molecule has 1 aliphatic heterocycles. The summed E-state index contributed by atoms with van der Waals surface area (Å²) in [6.07, 6.45) is 4.85. The zero-order valence-corrected chi connectivity index (χ0v) is 9.47. The van der Waals surface area contributed by atoms with Gasteiger partial charge in [-0.05, 0) is 49.9 Å². The van der Waals surface area contributed by atoms with E-state index < -0.39 is 0 Å². The number of hydrogen-bond acceptors (Lipinski definition) is 3. The van der Waals surface area contributed by atoms with Crippen LogP contribution < -0.4 is 0 Å². The summed E-state index contributed by atoms with van der Waals surface area (Å²) in [6, 6.07) is 2.38. The lowest BCUT2D eigenvalue weighted by atomic mass is 9.97. The first kappa shape index (κ1) is 10.3. The molecule has 1 aliphatic carbocycles. The molecule has 2 fully saturated rings. The molecule has 2 nitrogen and oxygen atoms in total. The Bertz CT molecular complexity index is 234. The smallest absolute Gasteiger partial charge is 0.0656 e. The van der Waals surface area contributed by atoms with Crippen molar-refractivity contribution in [2.75, 3.05) is 25.4 Å². The number of likely N-dealkylation sites (tertiary alicyclic amines) is 1. The van der Waals surface area contributed by atoms with Gasteiger partial charge in [-0.25, -0.2) is 0 Å². The van der Waals surface area contributed by atoms with Crippen molar-refractivity contribution in [1.29, 1.82) is 5.26 Å². The molecule has 14 heavy (non-hydrogen) atoms. The van der Waals surface area contributed by atoms with Gasteiger partial charge in [-0.1, -0.05) is 0 Å². The molecule has 2 rings (SSSR count). The molecule has 3 heteroatoms. The van der Waals surface area contributed by atoms with Gasteiger partial charge in [0, 0.05) is 12.5 Å². The van der Waals surface area contributed by atoms with Crippen LogP contribution in [0.2, 0.25) is 0 Å². The molecule has 1 heterocycles. The fourth-order valence-corrected chi connectivity index (χ4v) is 2.65. The Morgan fingerprint density at radius 2 is 2.00 bits per heavy atom. The quantitative estimate of drug-likeness (QED) is 0.721. The van der Waals surface area contributed by atoms with Gasteiger partial charge in [0.15, 0.2) is 0 Å². The van der Waals surface area contributed by atoms with E-state index in [-0.39, 0.29) is 0 Å². The molecule has 0 aromatic carbocycles. The highest BCUT2D eigenvalue weighted by molar-refractivity contribution is 7.80. The summed E-state index contributed by atoms with van der Waals surface area (Å²) in [4.78, 5) is 2.52. The second kappa shape index (κ2) is 4.12. The van der Waals surface area contributed by atoms with Gasteiger partial charge in [0.05, 0.1) is 6.07 Å². The van der Waals surface area contributed by atoms with E-state index in [1.54, 1.807) is 0 Å². The van der Waals surface area contributed by atoms with Gasteiger partial charge in [0.1, 0.15) is 0 Å². The van der Waals surface area contributed by atoms with Gasteiger partial charge in [-0.15, -0.1) is 0 Å². The zero-order chi connectivity index (χ0) is 10.0. The third-order valence-corrected chi connectivity index (χ3v) is 4.29. The first-order chi connectivity index (χ1) is 6.78. The van der Waals surface area contributed by atoms with E-state index >= 15 is 0 Å². The molecular formula is C11H18N2S. The zero-order valence-electron chi connectivity index (χ0n) is 8.58. The third kappa shape index (κ3) is 2.24. The summed E-state index contributed by atoms with van der Waals surface area (Å²) < 4.78 is 0. The summed E-state index contributed by atoms with van der Waals surface area (Å²) in [6.45, 7) is 3.45. The molecule has 0 N–H and O–H groups in total. The van der Waals surface area contributed by atoms with Crippen LogP contribution in [0.4, 0.5) is 0 Å². The maximum absolute atomic E-state index is 8.79. The SMILES string of the molecule is N#CC1CCN(CC2(CS)CC2)CC1. The third-order valence-electron chi connectivity index (χ3n) is 3.62. The summed E-state index contributed by atoms with van der Waals surface area (Å²) in [5.41, 5.74) is 0.544. The fourth-order valence-electron chi connectivity index (χ4n) is 2.24. The monoisotopic (exact) mass is 210 g/mol. The second-order valence-corrected chi connectivity index (χ2v) is 5.15. The number of rotatable bonds is 3. The molecule has 0 amide bonds. The van der Waals surface area contributed by atoms with Gasteiger partial charge in [0.2, 0.25) is 0 Å². The van der Waals surface area contributed by atoms with E-state index in [1.807, 2.05) is 0 Å². The fraction of sp³-hybridized carbons (Fsp3) is 0.909. The number of thiol groups is 1. The van der Waals surface area contributed by atoms with Crippen molar-refractivity contribution in [3.8, 4) is 6.07 Å². The van der Waals surface area contributed by atoms with E-state index in [0.717, 1.165) is 31.7 Å². The van der Waals surface area contributed by atoms with Crippen LogP contribution in [-0.4, -0.2) is 30.3 Å².